The Kier molecular flexibility index (Phi) is 6.63. The van der Waals surface area contributed by atoms with Gasteiger partial charge in [0.25, 0.3) is 0 Å². The molecule has 6 rings (SSSR count). The van der Waals surface area contributed by atoms with Crippen molar-refractivity contribution in [2.75, 3.05) is 60.5 Å². The molecule has 7 nitrogen and oxygen atoms in total. The fraction of sp³-hybridized carbons (Fsp3) is 0.387. The fourth-order valence-electron chi connectivity index (χ4n) is 6.27. The molecule has 0 radical (unpaired) electrons. The van der Waals surface area contributed by atoms with Gasteiger partial charge in [-0.15, -0.1) is 0 Å². The maximum atomic E-state index is 12.2. The Morgan fingerprint density at radius 2 is 1.58 bits per heavy atom. The average Bonchev–Trinajstić information content (AvgIpc) is 2.99. The lowest BCUT2D eigenvalue weighted by Crippen LogP contribution is -2.49. The van der Waals surface area contributed by atoms with Crippen LogP contribution in [0.2, 0.25) is 0 Å². The van der Waals surface area contributed by atoms with Crippen LogP contribution in [0.25, 0.3) is 10.8 Å². The van der Waals surface area contributed by atoms with Crippen LogP contribution < -0.4 is 14.7 Å². The van der Waals surface area contributed by atoms with Crippen LogP contribution >= 0.6 is 0 Å². The number of carbonyl (C=O) groups is 1. The number of carbonyl (C=O) groups excluding carboxylic acids is 1. The lowest BCUT2D eigenvalue weighted by Gasteiger charge is -2.40. The van der Waals surface area contributed by atoms with Gasteiger partial charge in [-0.05, 0) is 48.8 Å². The second kappa shape index (κ2) is 10.4. The molecule has 3 aromatic rings. The zero-order chi connectivity index (χ0) is 26.1. The van der Waals surface area contributed by atoms with Crippen molar-refractivity contribution in [3.63, 3.8) is 0 Å². The number of pyridine rings is 1. The first-order chi connectivity index (χ1) is 18.7. The molecule has 1 aromatic heterocycles. The van der Waals surface area contributed by atoms with E-state index in [2.05, 4.69) is 69.8 Å². The van der Waals surface area contributed by atoms with Gasteiger partial charge in [0.1, 0.15) is 17.7 Å². The molecule has 2 saturated heterocycles. The number of nitriles is 1. The molecule has 4 heterocycles. The number of fused-ring (bicyclic) bond motifs is 2. The summed E-state index contributed by atoms with van der Waals surface area (Å²) < 4.78 is 0. The summed E-state index contributed by atoms with van der Waals surface area (Å²) >= 11 is 0. The summed E-state index contributed by atoms with van der Waals surface area (Å²) in [6, 6.07) is 17.6. The van der Waals surface area contributed by atoms with Gasteiger partial charge in [-0.3, -0.25) is 4.79 Å². The topological polar surface area (TPSA) is 66.7 Å². The summed E-state index contributed by atoms with van der Waals surface area (Å²) in [5.41, 5.74) is 4.26. The summed E-state index contributed by atoms with van der Waals surface area (Å²) in [4.78, 5) is 26.3. The van der Waals surface area contributed by atoms with Gasteiger partial charge in [0, 0.05) is 69.0 Å². The Morgan fingerprint density at radius 3 is 2.34 bits per heavy atom. The first-order valence-corrected chi connectivity index (χ1v) is 13.8. The molecular formula is C31H34N6O. The standard InChI is InChI=1S/C31H34N6O/c1-2-29(38)34-17-19-36(20-18-34)30-25-13-16-37(28-12-8-10-23-9-4-5-11-24(23)28)22-27(25)26(21-32)31(33-30)35-14-6-3-7-15-35/h2,4-5,8-12H,1,3,6-7,13-20,22H2. The Hall–Kier alpha value is -4.05. The Bertz CT molecular complexity index is 1410. The number of hydrogen-bond donors (Lipinski definition) is 0. The second-order valence-corrected chi connectivity index (χ2v) is 10.4. The van der Waals surface area contributed by atoms with Crippen LogP contribution in [0.1, 0.15) is 36.0 Å². The normalized spacial score (nSPS) is 17.8. The van der Waals surface area contributed by atoms with Gasteiger partial charge in [0.05, 0.1) is 5.56 Å². The van der Waals surface area contributed by atoms with Crippen LogP contribution in [-0.2, 0) is 17.8 Å². The van der Waals surface area contributed by atoms with Crippen LogP contribution in [0.4, 0.5) is 17.3 Å². The molecule has 7 heteroatoms. The maximum Gasteiger partial charge on any atom is 0.246 e. The number of hydrogen-bond acceptors (Lipinski definition) is 6. The highest BCUT2D eigenvalue weighted by Gasteiger charge is 2.32. The van der Waals surface area contributed by atoms with Crippen molar-refractivity contribution in [2.24, 2.45) is 0 Å². The van der Waals surface area contributed by atoms with E-state index in [-0.39, 0.29) is 5.91 Å². The number of piperazine rings is 1. The quantitative estimate of drug-likeness (QED) is 0.486. The van der Waals surface area contributed by atoms with Crippen molar-refractivity contribution in [1.82, 2.24) is 9.88 Å². The Morgan fingerprint density at radius 1 is 0.842 bits per heavy atom. The van der Waals surface area contributed by atoms with E-state index < -0.39 is 0 Å². The molecule has 3 aliphatic heterocycles. The molecule has 2 aromatic carbocycles. The van der Waals surface area contributed by atoms with E-state index in [0.717, 1.165) is 74.7 Å². The third-order valence-electron chi connectivity index (χ3n) is 8.29. The van der Waals surface area contributed by atoms with E-state index >= 15 is 0 Å². The summed E-state index contributed by atoms with van der Waals surface area (Å²) in [7, 11) is 0. The minimum absolute atomic E-state index is 0.0146. The first-order valence-electron chi connectivity index (χ1n) is 13.8. The van der Waals surface area contributed by atoms with E-state index in [4.69, 9.17) is 4.98 Å². The monoisotopic (exact) mass is 506 g/mol. The molecule has 0 unspecified atom stereocenters. The molecule has 0 spiro atoms. The zero-order valence-electron chi connectivity index (χ0n) is 21.9. The number of nitrogens with zero attached hydrogens (tertiary/aromatic N) is 6. The largest absolute Gasteiger partial charge is 0.366 e. The third kappa shape index (κ3) is 4.34. The molecule has 2 fully saturated rings. The van der Waals surface area contributed by atoms with Crippen molar-refractivity contribution in [1.29, 1.82) is 5.26 Å². The maximum absolute atomic E-state index is 12.2. The predicted molar refractivity (Wildman–Crippen MR) is 153 cm³/mol. The van der Waals surface area contributed by atoms with Gasteiger partial charge in [0.2, 0.25) is 5.91 Å². The lowest BCUT2D eigenvalue weighted by molar-refractivity contribution is -0.126. The van der Waals surface area contributed by atoms with Gasteiger partial charge in [-0.2, -0.15) is 5.26 Å². The van der Waals surface area contributed by atoms with Crippen molar-refractivity contribution >= 4 is 34.0 Å². The predicted octanol–water partition coefficient (Wildman–Crippen LogP) is 4.49. The SMILES string of the molecule is C=CC(=O)N1CCN(c2nc(N3CCCCC3)c(C#N)c3c2CCN(c2cccc4ccccc24)C3)CC1. The van der Waals surface area contributed by atoms with Gasteiger partial charge < -0.3 is 19.6 Å². The average molecular weight is 507 g/mol. The van der Waals surface area contributed by atoms with Gasteiger partial charge in [0.15, 0.2) is 0 Å². The molecule has 1 amide bonds. The third-order valence-corrected chi connectivity index (χ3v) is 8.29. The Balaban J connectivity index is 1.41. The molecule has 0 atom stereocenters. The number of benzene rings is 2. The van der Waals surface area contributed by atoms with E-state index in [1.165, 1.54) is 34.5 Å². The minimum Gasteiger partial charge on any atom is -0.366 e. The molecule has 3 aliphatic rings. The molecule has 0 N–H and O–H groups in total. The van der Waals surface area contributed by atoms with Gasteiger partial charge in [-0.1, -0.05) is 43.0 Å². The lowest BCUT2D eigenvalue weighted by atomic mass is 9.93. The summed E-state index contributed by atoms with van der Waals surface area (Å²) in [6.07, 6.45) is 5.71. The van der Waals surface area contributed by atoms with Crippen LogP contribution in [0.15, 0.2) is 55.1 Å². The molecule has 0 saturated carbocycles. The number of anilines is 3. The van der Waals surface area contributed by atoms with Gasteiger partial charge in [-0.25, -0.2) is 4.98 Å². The highest BCUT2D eigenvalue weighted by atomic mass is 16.2. The van der Waals surface area contributed by atoms with Crippen molar-refractivity contribution in [2.45, 2.75) is 32.2 Å². The summed E-state index contributed by atoms with van der Waals surface area (Å²) in [5.74, 6) is 1.83. The number of rotatable bonds is 4. The summed E-state index contributed by atoms with van der Waals surface area (Å²) in [6.45, 7) is 9.87. The van der Waals surface area contributed by atoms with Crippen molar-refractivity contribution in [3.05, 3.63) is 71.8 Å². The van der Waals surface area contributed by atoms with Crippen LogP contribution in [0.3, 0.4) is 0 Å². The fourth-order valence-corrected chi connectivity index (χ4v) is 6.27. The minimum atomic E-state index is -0.0146. The van der Waals surface area contributed by atoms with Crippen LogP contribution in [0.5, 0.6) is 0 Å². The molecule has 0 bridgehead atoms. The highest BCUT2D eigenvalue weighted by molar-refractivity contribution is 5.94. The second-order valence-electron chi connectivity index (χ2n) is 10.4. The van der Waals surface area contributed by atoms with E-state index in [1.54, 1.807) is 0 Å². The van der Waals surface area contributed by atoms with Crippen molar-refractivity contribution in [3.8, 4) is 6.07 Å². The first kappa shape index (κ1) is 24.3. The van der Waals surface area contributed by atoms with Crippen molar-refractivity contribution < 1.29 is 4.79 Å². The molecule has 0 aliphatic carbocycles. The van der Waals surface area contributed by atoms with Crippen LogP contribution in [0, 0.1) is 11.3 Å². The smallest absolute Gasteiger partial charge is 0.246 e. The van der Waals surface area contributed by atoms with Gasteiger partial charge >= 0.3 is 0 Å². The number of amides is 1. The molecule has 194 valence electrons. The molecular weight excluding hydrogens is 472 g/mol. The highest BCUT2D eigenvalue weighted by Crippen LogP contribution is 2.38. The zero-order valence-corrected chi connectivity index (χ0v) is 21.9. The summed E-state index contributed by atoms with van der Waals surface area (Å²) in [5, 5.41) is 12.9. The van der Waals surface area contributed by atoms with Crippen LogP contribution in [-0.4, -0.2) is 61.6 Å². The number of piperidine rings is 1. The molecule has 38 heavy (non-hydrogen) atoms. The number of aromatic nitrogens is 1. The van der Waals surface area contributed by atoms with E-state index in [9.17, 15) is 10.1 Å². The Labute approximate surface area is 224 Å². The van der Waals surface area contributed by atoms with E-state index in [0.29, 0.717) is 19.6 Å². The van der Waals surface area contributed by atoms with E-state index in [1.807, 2.05) is 4.90 Å².